The van der Waals surface area contributed by atoms with Crippen LogP contribution >= 0.6 is 0 Å². The van der Waals surface area contributed by atoms with Crippen LogP contribution in [0, 0.1) is 10.8 Å². The molecule has 0 amide bonds. The van der Waals surface area contributed by atoms with Crippen LogP contribution in [0.4, 0.5) is 26.3 Å². The number of hydrogen-bond donors (Lipinski definition) is 1. The Balaban J connectivity index is 0. The van der Waals surface area contributed by atoms with E-state index in [1.54, 1.807) is 0 Å². The third kappa shape index (κ3) is 8.30. The molecule has 0 aliphatic carbocycles. The maximum absolute atomic E-state index is 12.8. The summed E-state index contributed by atoms with van der Waals surface area (Å²) in [4.78, 5) is 23.4. The van der Waals surface area contributed by atoms with Crippen molar-refractivity contribution in [3.05, 3.63) is 0 Å². The van der Waals surface area contributed by atoms with Gasteiger partial charge in [-0.2, -0.15) is 26.3 Å². The minimum absolute atomic E-state index is 0.0955. The van der Waals surface area contributed by atoms with E-state index in [2.05, 4.69) is 4.74 Å². The summed E-state index contributed by atoms with van der Waals surface area (Å²) in [6.07, 6.45) is -10.3. The van der Waals surface area contributed by atoms with Crippen molar-refractivity contribution >= 4 is 11.9 Å². The fourth-order valence-corrected chi connectivity index (χ4v) is 2.04. The molecule has 0 saturated carbocycles. The highest BCUT2D eigenvalue weighted by molar-refractivity contribution is 5.76. The molecule has 0 aromatic heterocycles. The molecule has 34 heavy (non-hydrogen) atoms. The number of rotatable bonds is 8. The van der Waals surface area contributed by atoms with Gasteiger partial charge in [0.05, 0.1) is 10.8 Å². The second-order valence-corrected chi connectivity index (χ2v) is 10.6. The van der Waals surface area contributed by atoms with Gasteiger partial charge in [0.25, 0.3) is 5.60 Å². The SMILES string of the molecule is CCC(C)(C)C(=O)OC(C)(C)C(O)(C(F)(F)F)C(F)(F)F.CCC(C)(C)OC(=O)C(C)(C)CC. The highest BCUT2D eigenvalue weighted by Crippen LogP contribution is 2.51. The lowest BCUT2D eigenvalue weighted by Gasteiger charge is -2.44. The third-order valence-corrected chi connectivity index (χ3v) is 6.13. The molecule has 0 aliphatic heterocycles. The number of aliphatic hydroxyl groups is 1. The van der Waals surface area contributed by atoms with Crippen LogP contribution in [0.2, 0.25) is 0 Å². The molecule has 0 rings (SSSR count). The van der Waals surface area contributed by atoms with Gasteiger partial charge in [0.2, 0.25) is 0 Å². The molecule has 0 spiro atoms. The van der Waals surface area contributed by atoms with E-state index < -0.39 is 34.9 Å². The zero-order valence-corrected chi connectivity index (χ0v) is 22.0. The molecule has 0 radical (unpaired) electrons. The molecule has 204 valence electrons. The normalized spacial score (nSPS) is 14.2. The molecule has 11 heteroatoms. The maximum atomic E-state index is 12.8. The van der Waals surface area contributed by atoms with Crippen LogP contribution in [0.5, 0.6) is 0 Å². The first-order chi connectivity index (χ1) is 14.7. The van der Waals surface area contributed by atoms with Crippen LogP contribution in [-0.4, -0.2) is 46.2 Å². The van der Waals surface area contributed by atoms with E-state index >= 15 is 0 Å². The van der Waals surface area contributed by atoms with Crippen molar-refractivity contribution in [1.82, 2.24) is 0 Å². The minimum Gasteiger partial charge on any atom is -0.459 e. The van der Waals surface area contributed by atoms with Crippen molar-refractivity contribution in [3.63, 3.8) is 0 Å². The van der Waals surface area contributed by atoms with Crippen molar-refractivity contribution in [2.45, 2.75) is 125 Å². The number of halogens is 6. The van der Waals surface area contributed by atoms with Gasteiger partial charge < -0.3 is 14.6 Å². The van der Waals surface area contributed by atoms with Crippen LogP contribution < -0.4 is 0 Å². The summed E-state index contributed by atoms with van der Waals surface area (Å²) in [5, 5.41) is 9.27. The van der Waals surface area contributed by atoms with Crippen molar-refractivity contribution < 1.29 is 50.5 Å². The van der Waals surface area contributed by atoms with Gasteiger partial charge in [-0.05, 0) is 74.7 Å². The highest BCUT2D eigenvalue weighted by Gasteiger charge is 2.78. The topological polar surface area (TPSA) is 72.8 Å². The van der Waals surface area contributed by atoms with Gasteiger partial charge in [-0.25, -0.2) is 0 Å². The number of carbonyl (C=O) groups is 2. The number of alkyl halides is 6. The zero-order valence-electron chi connectivity index (χ0n) is 22.0. The first-order valence-corrected chi connectivity index (χ1v) is 11.0. The average molecular weight is 511 g/mol. The lowest BCUT2D eigenvalue weighted by molar-refractivity contribution is -0.408. The Labute approximate surface area is 198 Å². The lowest BCUT2D eigenvalue weighted by Crippen LogP contribution is -2.70. The summed E-state index contributed by atoms with van der Waals surface area (Å²) < 4.78 is 86.4. The van der Waals surface area contributed by atoms with Crippen molar-refractivity contribution in [1.29, 1.82) is 0 Å². The molecule has 0 unspecified atom stereocenters. The van der Waals surface area contributed by atoms with E-state index in [0.717, 1.165) is 12.8 Å². The summed E-state index contributed by atoms with van der Waals surface area (Å²) in [7, 11) is 0. The molecule has 0 heterocycles. The second-order valence-electron chi connectivity index (χ2n) is 10.6. The molecule has 0 bridgehead atoms. The predicted octanol–water partition coefficient (Wildman–Crippen LogP) is 6.75. The van der Waals surface area contributed by atoms with Gasteiger partial charge >= 0.3 is 24.3 Å². The number of carbonyl (C=O) groups excluding carboxylic acids is 2. The van der Waals surface area contributed by atoms with Gasteiger partial charge in [0.1, 0.15) is 5.60 Å². The zero-order chi connectivity index (χ0) is 28.2. The van der Waals surface area contributed by atoms with Gasteiger partial charge in [0.15, 0.2) is 5.60 Å². The molecule has 0 aliphatic rings. The first-order valence-electron chi connectivity index (χ1n) is 11.0. The van der Waals surface area contributed by atoms with E-state index in [1.807, 2.05) is 41.5 Å². The fourth-order valence-electron chi connectivity index (χ4n) is 2.04. The number of ether oxygens (including phenoxy) is 2. The smallest absolute Gasteiger partial charge is 0.430 e. The van der Waals surface area contributed by atoms with Gasteiger partial charge in [-0.3, -0.25) is 9.59 Å². The van der Waals surface area contributed by atoms with E-state index in [-0.39, 0.29) is 23.4 Å². The Morgan fingerprint density at radius 1 is 0.618 bits per heavy atom. The third-order valence-electron chi connectivity index (χ3n) is 6.13. The van der Waals surface area contributed by atoms with E-state index in [0.29, 0.717) is 13.8 Å². The van der Waals surface area contributed by atoms with Crippen molar-refractivity contribution in [2.24, 2.45) is 10.8 Å². The van der Waals surface area contributed by atoms with E-state index in [1.165, 1.54) is 20.8 Å². The second kappa shape index (κ2) is 11.0. The Morgan fingerprint density at radius 3 is 1.15 bits per heavy atom. The van der Waals surface area contributed by atoms with Crippen LogP contribution in [0.15, 0.2) is 0 Å². The molecule has 0 atom stereocenters. The molecule has 0 aromatic carbocycles. The van der Waals surface area contributed by atoms with Crippen molar-refractivity contribution in [3.8, 4) is 0 Å². The van der Waals surface area contributed by atoms with Gasteiger partial charge in [-0.1, -0.05) is 20.8 Å². The summed E-state index contributed by atoms with van der Waals surface area (Å²) in [5.41, 5.74) is -10.4. The summed E-state index contributed by atoms with van der Waals surface area (Å²) in [6, 6.07) is 0. The quantitative estimate of drug-likeness (QED) is 0.289. The highest BCUT2D eigenvalue weighted by atomic mass is 19.4. The van der Waals surface area contributed by atoms with Crippen LogP contribution in [0.1, 0.15) is 95.4 Å². The number of esters is 2. The summed E-state index contributed by atoms with van der Waals surface area (Å²) in [6.45, 7) is 16.6. The van der Waals surface area contributed by atoms with Crippen LogP contribution in [0.25, 0.3) is 0 Å². The first kappa shape index (κ1) is 34.6. The predicted molar refractivity (Wildman–Crippen MR) is 116 cm³/mol. The molecule has 0 aromatic rings. The molecule has 1 N–H and O–H groups in total. The molecule has 5 nitrogen and oxygen atoms in total. The number of hydrogen-bond acceptors (Lipinski definition) is 5. The Morgan fingerprint density at radius 2 is 0.912 bits per heavy atom. The molecule has 0 saturated heterocycles. The van der Waals surface area contributed by atoms with Gasteiger partial charge in [0, 0.05) is 0 Å². The molecular formula is C23H40F6O5. The van der Waals surface area contributed by atoms with Crippen LogP contribution in [-0.2, 0) is 19.1 Å². The van der Waals surface area contributed by atoms with E-state index in [9.17, 15) is 41.0 Å². The monoisotopic (exact) mass is 510 g/mol. The minimum atomic E-state index is -6.06. The van der Waals surface area contributed by atoms with Crippen molar-refractivity contribution in [2.75, 3.05) is 0 Å². The summed E-state index contributed by atoms with van der Waals surface area (Å²) >= 11 is 0. The van der Waals surface area contributed by atoms with Gasteiger partial charge in [-0.15, -0.1) is 0 Å². The molecular weight excluding hydrogens is 470 g/mol. The lowest BCUT2D eigenvalue weighted by atomic mass is 9.83. The average Bonchev–Trinajstić information content (AvgIpc) is 2.65. The Kier molecular flexibility index (Phi) is 11.2. The van der Waals surface area contributed by atoms with E-state index in [4.69, 9.17) is 4.74 Å². The Bertz CT molecular complexity index is 677. The Hall–Kier alpha value is -1.52. The van der Waals surface area contributed by atoms with Crippen LogP contribution in [0.3, 0.4) is 0 Å². The maximum Gasteiger partial charge on any atom is 0.430 e. The summed E-state index contributed by atoms with van der Waals surface area (Å²) in [5.74, 6) is -1.36. The largest absolute Gasteiger partial charge is 0.459 e. The standard InChI is InChI=1S/C12H18F6O3.C11H22O2/c1-6-8(2,3)7(19)21-9(4,5)10(20,11(13,14)15)12(16,17)18;1-7-10(3,4)9(12)13-11(5,6)8-2/h20H,6H2,1-5H3;7-8H2,1-6H3. The fraction of sp³-hybridized carbons (Fsp3) is 0.913. The molecule has 0 fully saturated rings.